The van der Waals surface area contributed by atoms with E-state index >= 15 is 0 Å². The third-order valence-electron chi connectivity index (χ3n) is 2.90. The van der Waals surface area contributed by atoms with Crippen molar-refractivity contribution in [1.82, 2.24) is 10.6 Å². The average Bonchev–Trinajstić information content (AvgIpc) is 3.05. The number of furan rings is 1. The Hall–Kier alpha value is -2.76. The molecule has 0 spiro atoms. The second-order valence-electron chi connectivity index (χ2n) is 4.69. The van der Waals surface area contributed by atoms with Crippen LogP contribution in [0.4, 0.5) is 0 Å². The van der Waals surface area contributed by atoms with Crippen molar-refractivity contribution in [3.63, 3.8) is 0 Å². The number of nitrogens with one attached hydrogen (secondary N) is 2. The van der Waals surface area contributed by atoms with Crippen LogP contribution in [0.1, 0.15) is 12.7 Å². The van der Waals surface area contributed by atoms with Gasteiger partial charge < -0.3 is 19.8 Å². The first-order chi connectivity index (χ1) is 10.6. The van der Waals surface area contributed by atoms with E-state index in [4.69, 9.17) is 9.15 Å². The topological polar surface area (TPSA) is 80.6 Å². The van der Waals surface area contributed by atoms with E-state index in [0.29, 0.717) is 11.5 Å². The molecule has 1 aromatic heterocycles. The van der Waals surface area contributed by atoms with E-state index in [1.165, 1.54) is 6.26 Å². The number of ether oxygens (including phenoxy) is 1. The third kappa shape index (κ3) is 4.97. The first kappa shape index (κ1) is 15.6. The molecule has 0 aliphatic carbocycles. The number of carbonyl (C=O) groups excluding carboxylic acids is 2. The summed E-state index contributed by atoms with van der Waals surface area (Å²) in [5.41, 5.74) is 0. The molecule has 0 radical (unpaired) electrons. The maximum Gasteiger partial charge on any atom is 0.258 e. The minimum absolute atomic E-state index is 0.139. The van der Waals surface area contributed by atoms with Gasteiger partial charge in [-0.05, 0) is 31.2 Å². The molecule has 6 heteroatoms. The Morgan fingerprint density at radius 2 is 1.95 bits per heavy atom. The highest BCUT2D eigenvalue weighted by Crippen LogP contribution is 2.07. The zero-order valence-corrected chi connectivity index (χ0v) is 12.2. The Morgan fingerprint density at radius 1 is 1.18 bits per heavy atom. The summed E-state index contributed by atoms with van der Waals surface area (Å²) in [7, 11) is 0. The quantitative estimate of drug-likeness (QED) is 0.812. The minimum atomic E-state index is -0.651. The molecular weight excluding hydrogens is 284 g/mol. The number of hydrogen-bond acceptors (Lipinski definition) is 4. The van der Waals surface area contributed by atoms with Crippen molar-refractivity contribution in [3.05, 3.63) is 54.5 Å². The van der Waals surface area contributed by atoms with Crippen LogP contribution in [-0.2, 0) is 16.1 Å². The molecule has 22 heavy (non-hydrogen) atoms. The predicted octanol–water partition coefficient (Wildman–Crippen LogP) is 1.48. The Bertz CT molecular complexity index is 596. The van der Waals surface area contributed by atoms with Crippen LogP contribution in [0.3, 0.4) is 0 Å². The zero-order valence-electron chi connectivity index (χ0n) is 12.2. The van der Waals surface area contributed by atoms with E-state index in [1.807, 2.05) is 18.2 Å². The standard InChI is InChI=1S/C16H18N2O4/c1-12(16(20)17-10-14-8-5-9-21-14)18-15(19)11-22-13-6-3-2-4-7-13/h2-9,12H,10-11H2,1H3,(H,17,20)(H,18,19). The second-order valence-corrected chi connectivity index (χ2v) is 4.69. The van der Waals surface area contributed by atoms with E-state index in [2.05, 4.69) is 10.6 Å². The number of carbonyl (C=O) groups is 2. The zero-order chi connectivity index (χ0) is 15.8. The average molecular weight is 302 g/mol. The molecule has 2 amide bonds. The molecule has 1 unspecified atom stereocenters. The van der Waals surface area contributed by atoms with Crippen LogP contribution < -0.4 is 15.4 Å². The molecule has 0 aliphatic rings. The molecule has 2 aromatic rings. The highest BCUT2D eigenvalue weighted by atomic mass is 16.5. The van der Waals surface area contributed by atoms with Crippen molar-refractivity contribution in [2.45, 2.75) is 19.5 Å². The van der Waals surface area contributed by atoms with Gasteiger partial charge >= 0.3 is 0 Å². The highest BCUT2D eigenvalue weighted by molar-refractivity contribution is 5.87. The fourth-order valence-corrected chi connectivity index (χ4v) is 1.75. The first-order valence-corrected chi connectivity index (χ1v) is 6.92. The summed E-state index contributed by atoms with van der Waals surface area (Å²) in [6.45, 7) is 1.75. The van der Waals surface area contributed by atoms with E-state index < -0.39 is 6.04 Å². The third-order valence-corrected chi connectivity index (χ3v) is 2.90. The van der Waals surface area contributed by atoms with Crippen LogP contribution >= 0.6 is 0 Å². The predicted molar refractivity (Wildman–Crippen MR) is 80.1 cm³/mol. The van der Waals surface area contributed by atoms with Crippen LogP contribution in [0.15, 0.2) is 53.1 Å². The highest BCUT2D eigenvalue weighted by Gasteiger charge is 2.15. The monoisotopic (exact) mass is 302 g/mol. The summed E-state index contributed by atoms with van der Waals surface area (Å²) < 4.78 is 10.4. The van der Waals surface area contributed by atoms with Crippen LogP contribution in [0, 0.1) is 0 Å². The van der Waals surface area contributed by atoms with Gasteiger partial charge in [0.15, 0.2) is 6.61 Å². The van der Waals surface area contributed by atoms with Gasteiger partial charge in [-0.3, -0.25) is 9.59 Å². The molecule has 0 fully saturated rings. The van der Waals surface area contributed by atoms with Gasteiger partial charge in [-0.15, -0.1) is 0 Å². The maximum absolute atomic E-state index is 11.8. The fourth-order valence-electron chi connectivity index (χ4n) is 1.75. The van der Waals surface area contributed by atoms with Crippen LogP contribution in [0.5, 0.6) is 5.75 Å². The van der Waals surface area contributed by atoms with Gasteiger partial charge in [-0.25, -0.2) is 0 Å². The molecule has 116 valence electrons. The molecule has 0 aliphatic heterocycles. The van der Waals surface area contributed by atoms with Crippen molar-refractivity contribution in [2.75, 3.05) is 6.61 Å². The van der Waals surface area contributed by atoms with Crippen molar-refractivity contribution in [2.24, 2.45) is 0 Å². The number of benzene rings is 1. The number of para-hydroxylation sites is 1. The van der Waals surface area contributed by atoms with Crippen molar-refractivity contribution < 1.29 is 18.7 Å². The van der Waals surface area contributed by atoms with E-state index in [0.717, 1.165) is 0 Å². The molecule has 1 atom stereocenters. The summed E-state index contributed by atoms with van der Waals surface area (Å²) >= 11 is 0. The van der Waals surface area contributed by atoms with Crippen molar-refractivity contribution >= 4 is 11.8 Å². The molecule has 0 saturated carbocycles. The van der Waals surface area contributed by atoms with E-state index in [-0.39, 0.29) is 25.0 Å². The summed E-state index contributed by atoms with van der Waals surface area (Å²) in [5, 5.41) is 5.25. The number of hydrogen-bond donors (Lipinski definition) is 2. The molecule has 1 aromatic carbocycles. The van der Waals surface area contributed by atoms with Crippen LogP contribution in [0.2, 0.25) is 0 Å². The van der Waals surface area contributed by atoms with Gasteiger partial charge in [-0.1, -0.05) is 18.2 Å². The Morgan fingerprint density at radius 3 is 2.64 bits per heavy atom. The summed E-state index contributed by atoms with van der Waals surface area (Å²) in [5.74, 6) is 0.612. The molecule has 0 bridgehead atoms. The van der Waals surface area contributed by atoms with Crippen LogP contribution in [-0.4, -0.2) is 24.5 Å². The fraction of sp³-hybridized carbons (Fsp3) is 0.250. The number of rotatable bonds is 7. The first-order valence-electron chi connectivity index (χ1n) is 6.92. The number of amides is 2. The normalized spacial score (nSPS) is 11.5. The summed E-state index contributed by atoms with van der Waals surface area (Å²) in [6.07, 6.45) is 1.54. The lowest BCUT2D eigenvalue weighted by atomic mass is 10.3. The molecule has 6 nitrogen and oxygen atoms in total. The lowest BCUT2D eigenvalue weighted by Crippen LogP contribution is -2.46. The Balaban J connectivity index is 1.70. The smallest absolute Gasteiger partial charge is 0.258 e. The summed E-state index contributed by atoms with van der Waals surface area (Å²) in [4.78, 5) is 23.6. The van der Waals surface area contributed by atoms with Gasteiger partial charge in [0.05, 0.1) is 12.8 Å². The molecule has 0 saturated heterocycles. The van der Waals surface area contributed by atoms with Gasteiger partial charge in [0.1, 0.15) is 17.6 Å². The van der Waals surface area contributed by atoms with Gasteiger partial charge in [0.25, 0.3) is 5.91 Å². The van der Waals surface area contributed by atoms with Crippen molar-refractivity contribution in [3.8, 4) is 5.75 Å². The molecule has 2 N–H and O–H groups in total. The van der Waals surface area contributed by atoms with Crippen LogP contribution in [0.25, 0.3) is 0 Å². The molecule has 1 heterocycles. The molecular formula is C16H18N2O4. The Kier molecular flexibility index (Phi) is 5.59. The lowest BCUT2D eigenvalue weighted by molar-refractivity contribution is -0.129. The molecule has 2 rings (SSSR count). The van der Waals surface area contributed by atoms with Gasteiger partial charge in [0.2, 0.25) is 5.91 Å². The largest absolute Gasteiger partial charge is 0.484 e. The maximum atomic E-state index is 11.8. The van der Waals surface area contributed by atoms with Crippen molar-refractivity contribution in [1.29, 1.82) is 0 Å². The van der Waals surface area contributed by atoms with E-state index in [9.17, 15) is 9.59 Å². The van der Waals surface area contributed by atoms with Gasteiger partial charge in [0, 0.05) is 0 Å². The SMILES string of the molecule is CC(NC(=O)COc1ccccc1)C(=O)NCc1ccco1. The second kappa shape index (κ2) is 7.87. The minimum Gasteiger partial charge on any atom is -0.484 e. The van der Waals surface area contributed by atoms with E-state index in [1.54, 1.807) is 31.2 Å². The summed E-state index contributed by atoms with van der Waals surface area (Å²) in [6, 6.07) is 11.9. The lowest BCUT2D eigenvalue weighted by Gasteiger charge is -2.14. The van der Waals surface area contributed by atoms with Gasteiger partial charge in [-0.2, -0.15) is 0 Å². The Labute approximate surface area is 128 Å².